The van der Waals surface area contributed by atoms with Crippen molar-refractivity contribution in [2.45, 2.75) is 12.8 Å². The maximum absolute atomic E-state index is 12.8. The van der Waals surface area contributed by atoms with Gasteiger partial charge in [-0.1, -0.05) is 6.07 Å². The fraction of sp³-hybridized carbons (Fsp3) is 0.182. The molecule has 2 rings (SSSR count). The summed E-state index contributed by atoms with van der Waals surface area (Å²) in [5.74, 6) is 0. The minimum Gasteiger partial charge on any atom is -0.529 e. The Hall–Kier alpha value is -2.02. The lowest BCUT2D eigenvalue weighted by Crippen LogP contribution is -2.27. The van der Waals surface area contributed by atoms with Gasteiger partial charge >= 0.3 is 6.18 Å². The van der Waals surface area contributed by atoms with Crippen LogP contribution < -0.4 is 5.11 Å². The molecule has 1 N–H and O–H groups in total. The summed E-state index contributed by atoms with van der Waals surface area (Å²) in [5.41, 5.74) is -1.25. The van der Waals surface area contributed by atoms with Crippen molar-refractivity contribution < 1.29 is 28.2 Å². The van der Waals surface area contributed by atoms with Gasteiger partial charge in [0.05, 0.1) is 17.7 Å². The number of rotatable bonds is 1. The topological polar surface area (TPSA) is 65.3 Å². The number of alkyl halides is 3. The number of carboxylic acid groups (broad SMARTS) is 1. The van der Waals surface area contributed by atoms with E-state index in [-0.39, 0.29) is 16.5 Å². The minimum atomic E-state index is -4.62. The molecule has 4 nitrogen and oxygen atoms in total. The van der Waals surface area contributed by atoms with E-state index in [1.54, 1.807) is 0 Å². The fourth-order valence-corrected chi connectivity index (χ4v) is 1.88. The van der Waals surface area contributed by atoms with Gasteiger partial charge in [0.2, 0.25) is 0 Å². The molecule has 7 heteroatoms. The van der Waals surface area contributed by atoms with Gasteiger partial charge in [-0.2, -0.15) is 13.2 Å². The number of carbonyl (C=O) groups is 1. The second kappa shape index (κ2) is 4.02. The van der Waals surface area contributed by atoms with Gasteiger partial charge in [-0.05, 0) is 12.1 Å². The Morgan fingerprint density at radius 2 is 2.06 bits per heavy atom. The number of nitrogens with zero attached hydrogens (tertiary/aromatic N) is 1. The van der Waals surface area contributed by atoms with Crippen LogP contribution in [0.4, 0.5) is 18.0 Å². The van der Waals surface area contributed by atoms with Crippen LogP contribution in [0, 0.1) is 0 Å². The molecule has 0 aliphatic carbocycles. The summed E-state index contributed by atoms with van der Waals surface area (Å²) in [4.78, 5) is 10.8. The Labute approximate surface area is 98.9 Å². The number of benzene rings is 1. The summed E-state index contributed by atoms with van der Waals surface area (Å²) in [6.07, 6.45) is -5.35. The Bertz CT molecular complexity index is 616. The van der Waals surface area contributed by atoms with E-state index in [4.69, 9.17) is 5.11 Å². The van der Waals surface area contributed by atoms with Crippen LogP contribution in [0.1, 0.15) is 11.1 Å². The van der Waals surface area contributed by atoms with Gasteiger partial charge in [-0.15, -0.1) is 0 Å². The molecule has 0 spiro atoms. The van der Waals surface area contributed by atoms with Crippen LogP contribution in [0.2, 0.25) is 0 Å². The largest absolute Gasteiger partial charge is 0.529 e. The summed E-state index contributed by atoms with van der Waals surface area (Å²) in [5, 5.41) is 19.5. The number of hydrogen-bond acceptors (Lipinski definition) is 3. The van der Waals surface area contributed by atoms with Crippen molar-refractivity contribution in [1.29, 1.82) is 0 Å². The highest BCUT2D eigenvalue weighted by molar-refractivity contribution is 5.93. The zero-order valence-electron chi connectivity index (χ0n) is 8.86. The Morgan fingerprint density at radius 3 is 2.56 bits per heavy atom. The molecule has 2 aromatic rings. The van der Waals surface area contributed by atoms with Gasteiger partial charge in [0.1, 0.15) is 6.09 Å². The van der Waals surface area contributed by atoms with Crippen LogP contribution in [0.15, 0.2) is 24.4 Å². The van der Waals surface area contributed by atoms with Crippen molar-refractivity contribution in [2.75, 3.05) is 0 Å². The third kappa shape index (κ3) is 1.82. The summed E-state index contributed by atoms with van der Waals surface area (Å²) >= 11 is 0. The first-order valence-electron chi connectivity index (χ1n) is 4.88. The molecular formula is C11H7F3NO3-. The first-order valence-corrected chi connectivity index (χ1v) is 4.88. The van der Waals surface area contributed by atoms with Gasteiger partial charge in [0.25, 0.3) is 0 Å². The van der Waals surface area contributed by atoms with Crippen molar-refractivity contribution >= 4 is 17.0 Å². The van der Waals surface area contributed by atoms with Gasteiger partial charge in [0.15, 0.2) is 0 Å². The lowest BCUT2D eigenvalue weighted by Gasteiger charge is -2.10. The van der Waals surface area contributed by atoms with Gasteiger partial charge in [-0.3, -0.25) is 0 Å². The van der Waals surface area contributed by atoms with Crippen LogP contribution in [0.5, 0.6) is 0 Å². The number of aliphatic hydroxyl groups excluding tert-OH is 1. The van der Waals surface area contributed by atoms with E-state index in [2.05, 4.69) is 0 Å². The van der Waals surface area contributed by atoms with Gasteiger partial charge in [0, 0.05) is 17.1 Å². The average molecular weight is 258 g/mol. The molecule has 0 atom stereocenters. The fourth-order valence-electron chi connectivity index (χ4n) is 1.88. The number of halogens is 3. The highest BCUT2D eigenvalue weighted by Crippen LogP contribution is 2.37. The molecule has 0 saturated heterocycles. The highest BCUT2D eigenvalue weighted by atomic mass is 19.4. The Morgan fingerprint density at radius 1 is 1.39 bits per heavy atom. The third-order valence-electron chi connectivity index (χ3n) is 2.58. The summed E-state index contributed by atoms with van der Waals surface area (Å²) in [7, 11) is 0. The number of hydrogen-bond donors (Lipinski definition) is 1. The molecule has 0 amide bonds. The minimum absolute atomic E-state index is 0.109. The van der Waals surface area contributed by atoms with Gasteiger partial charge in [-0.25, -0.2) is 0 Å². The molecule has 1 aromatic carbocycles. The van der Waals surface area contributed by atoms with E-state index in [0.29, 0.717) is 4.57 Å². The van der Waals surface area contributed by atoms with E-state index < -0.39 is 24.4 Å². The molecular weight excluding hydrogens is 251 g/mol. The first-order chi connectivity index (χ1) is 8.36. The van der Waals surface area contributed by atoms with Crippen molar-refractivity contribution in [2.24, 2.45) is 0 Å². The molecule has 1 heterocycles. The molecule has 0 unspecified atom stereocenters. The van der Waals surface area contributed by atoms with Crippen LogP contribution in [0.25, 0.3) is 10.9 Å². The maximum atomic E-state index is 12.8. The highest BCUT2D eigenvalue weighted by Gasteiger charge is 2.34. The predicted molar refractivity (Wildman–Crippen MR) is 53.7 cm³/mol. The molecule has 18 heavy (non-hydrogen) atoms. The number of fused-ring (bicyclic) bond motifs is 1. The summed E-state index contributed by atoms with van der Waals surface area (Å²) < 4.78 is 38.9. The monoisotopic (exact) mass is 258 g/mol. The zero-order valence-corrected chi connectivity index (χ0v) is 8.86. The van der Waals surface area contributed by atoms with Crippen LogP contribution in [-0.2, 0) is 12.8 Å². The quantitative estimate of drug-likeness (QED) is 0.839. The van der Waals surface area contributed by atoms with Crippen LogP contribution in [-0.4, -0.2) is 15.8 Å². The molecule has 0 bridgehead atoms. The normalized spacial score (nSPS) is 12.0. The van der Waals surface area contributed by atoms with Crippen LogP contribution in [0.3, 0.4) is 0 Å². The number of aliphatic hydroxyl groups is 1. The molecule has 96 valence electrons. The summed E-state index contributed by atoms with van der Waals surface area (Å²) in [6, 6.07) is 3.16. The maximum Gasteiger partial charge on any atom is 0.417 e. The van der Waals surface area contributed by atoms with Crippen molar-refractivity contribution in [3.05, 3.63) is 35.5 Å². The van der Waals surface area contributed by atoms with E-state index in [0.717, 1.165) is 18.3 Å². The van der Waals surface area contributed by atoms with E-state index in [9.17, 15) is 23.1 Å². The van der Waals surface area contributed by atoms with Crippen molar-refractivity contribution in [3.63, 3.8) is 0 Å². The van der Waals surface area contributed by atoms with E-state index >= 15 is 0 Å². The van der Waals surface area contributed by atoms with E-state index in [1.165, 1.54) is 6.07 Å². The standard InChI is InChI=1S/C11H8F3NO3/c12-11(13,14)7-2-1-3-8-9(7)6(5-16)4-15(8)10(17)18/h1-4,16H,5H2,(H,17,18)/p-1. The lowest BCUT2D eigenvalue weighted by molar-refractivity contribution is -0.249. The Kier molecular flexibility index (Phi) is 2.78. The SMILES string of the molecule is O=C([O-])n1cc(CO)c2c(C(F)(F)F)cccc21. The molecule has 0 aliphatic rings. The second-order valence-corrected chi connectivity index (χ2v) is 3.65. The van der Waals surface area contributed by atoms with Crippen LogP contribution >= 0.6 is 0 Å². The Balaban J connectivity index is 2.88. The zero-order chi connectivity index (χ0) is 13.5. The van der Waals surface area contributed by atoms with E-state index in [1.807, 2.05) is 0 Å². The predicted octanol–water partition coefficient (Wildman–Crippen LogP) is 1.34. The first kappa shape index (κ1) is 12.4. The molecule has 0 saturated carbocycles. The lowest BCUT2D eigenvalue weighted by atomic mass is 10.1. The van der Waals surface area contributed by atoms with Crippen molar-refractivity contribution in [3.8, 4) is 0 Å². The molecule has 0 fully saturated rings. The third-order valence-corrected chi connectivity index (χ3v) is 2.58. The summed E-state index contributed by atoms with van der Waals surface area (Å²) in [6.45, 7) is -0.691. The smallest absolute Gasteiger partial charge is 0.417 e. The van der Waals surface area contributed by atoms with Crippen molar-refractivity contribution in [1.82, 2.24) is 4.57 Å². The average Bonchev–Trinajstić information content (AvgIpc) is 2.66. The number of carbonyl (C=O) groups excluding carboxylic acids is 1. The number of aromatic nitrogens is 1. The molecule has 1 aromatic heterocycles. The second-order valence-electron chi connectivity index (χ2n) is 3.65. The molecule has 0 aliphatic heterocycles. The molecule has 0 radical (unpaired) electrons. The van der Waals surface area contributed by atoms with Gasteiger partial charge < -0.3 is 19.6 Å².